The molecule has 0 aliphatic carbocycles. The number of aromatic nitrogens is 1. The summed E-state index contributed by atoms with van der Waals surface area (Å²) in [4.78, 5) is 15.4. The lowest BCUT2D eigenvalue weighted by Gasteiger charge is -2.19. The Balaban J connectivity index is 1.65. The average molecular weight is 568 g/mol. The van der Waals surface area contributed by atoms with Crippen molar-refractivity contribution in [1.29, 1.82) is 0 Å². The van der Waals surface area contributed by atoms with Crippen LogP contribution in [0.25, 0.3) is 22.2 Å². The first kappa shape index (κ1) is 28.8. The van der Waals surface area contributed by atoms with Gasteiger partial charge in [-0.15, -0.1) is 0 Å². The van der Waals surface area contributed by atoms with Crippen LogP contribution < -0.4 is 5.32 Å². The Morgan fingerprint density at radius 1 is 1.15 bits per heavy atom. The standard InChI is InChI=1S/C27H29F4N3O4S/c1-15-19-6-5-16(7-9-32-26(35)38-27(2,3)4)11-22(19)33-25(24(15)31)23-20(29)12-18(13-21(23)30)39(36,37)34-10-8-17(28)14-34/h5-6,11-13,17H,7-10,14H2,1-4H3,(H,32,35)/t17-/m0/s1. The summed E-state index contributed by atoms with van der Waals surface area (Å²) >= 11 is 0. The van der Waals surface area contributed by atoms with Crippen molar-refractivity contribution in [3.05, 3.63) is 58.9 Å². The number of rotatable bonds is 6. The van der Waals surface area contributed by atoms with Gasteiger partial charge in [-0.25, -0.2) is 35.8 Å². The summed E-state index contributed by atoms with van der Waals surface area (Å²) < 4.78 is 90.8. The number of nitrogens with one attached hydrogen (secondary N) is 1. The number of amides is 1. The van der Waals surface area contributed by atoms with Crippen molar-refractivity contribution in [2.75, 3.05) is 19.6 Å². The molecule has 0 bridgehead atoms. The van der Waals surface area contributed by atoms with Crippen LogP contribution in [0.5, 0.6) is 0 Å². The topological polar surface area (TPSA) is 88.6 Å². The number of fused-ring (bicyclic) bond motifs is 1. The Bertz CT molecular complexity index is 1520. The molecular formula is C27H29F4N3O4S. The van der Waals surface area contributed by atoms with E-state index in [1.807, 2.05) is 0 Å². The minimum Gasteiger partial charge on any atom is -0.444 e. The molecule has 3 aromatic rings. The highest BCUT2D eigenvalue weighted by Gasteiger charge is 2.34. The van der Waals surface area contributed by atoms with E-state index >= 15 is 13.2 Å². The first-order valence-corrected chi connectivity index (χ1v) is 13.8. The fourth-order valence-corrected chi connectivity index (χ4v) is 5.88. The van der Waals surface area contributed by atoms with Crippen molar-refractivity contribution in [3.8, 4) is 11.3 Å². The van der Waals surface area contributed by atoms with E-state index in [0.29, 0.717) is 23.9 Å². The monoisotopic (exact) mass is 567 g/mol. The van der Waals surface area contributed by atoms with Gasteiger partial charge in [0.05, 0.1) is 16.0 Å². The third kappa shape index (κ3) is 6.17. The van der Waals surface area contributed by atoms with E-state index in [1.54, 1.807) is 39.0 Å². The molecule has 1 aromatic heterocycles. The van der Waals surface area contributed by atoms with Crippen molar-refractivity contribution in [1.82, 2.24) is 14.6 Å². The highest BCUT2D eigenvalue weighted by Crippen LogP contribution is 2.34. The van der Waals surface area contributed by atoms with E-state index in [9.17, 15) is 17.6 Å². The maximum absolute atomic E-state index is 15.3. The quantitative estimate of drug-likeness (QED) is 0.402. The molecule has 0 saturated carbocycles. The summed E-state index contributed by atoms with van der Waals surface area (Å²) in [5.74, 6) is -3.57. The smallest absolute Gasteiger partial charge is 0.407 e. The molecule has 1 fully saturated rings. The molecule has 39 heavy (non-hydrogen) atoms. The minimum atomic E-state index is -4.34. The largest absolute Gasteiger partial charge is 0.444 e. The zero-order valence-electron chi connectivity index (χ0n) is 21.9. The van der Waals surface area contributed by atoms with Crippen LogP contribution >= 0.6 is 0 Å². The average Bonchev–Trinajstić information content (AvgIpc) is 3.27. The van der Waals surface area contributed by atoms with Crippen LogP contribution in [0.4, 0.5) is 22.4 Å². The van der Waals surface area contributed by atoms with Gasteiger partial charge in [0.25, 0.3) is 0 Å². The summed E-state index contributed by atoms with van der Waals surface area (Å²) in [5.41, 5.74) is -0.961. The number of aryl methyl sites for hydroxylation is 1. The molecule has 1 N–H and O–H groups in total. The molecule has 2 heterocycles. The minimum absolute atomic E-state index is 0.00711. The Hall–Kier alpha value is -3.25. The van der Waals surface area contributed by atoms with Crippen LogP contribution in [0.3, 0.4) is 0 Å². The number of pyridine rings is 1. The van der Waals surface area contributed by atoms with Gasteiger partial charge in [-0.2, -0.15) is 4.31 Å². The second kappa shape index (κ2) is 10.7. The van der Waals surface area contributed by atoms with Crippen LogP contribution in [0.15, 0.2) is 35.2 Å². The number of hydrogen-bond donors (Lipinski definition) is 1. The first-order valence-electron chi connectivity index (χ1n) is 12.4. The van der Waals surface area contributed by atoms with Crippen molar-refractivity contribution in [3.63, 3.8) is 0 Å². The molecule has 1 aliphatic rings. The highest BCUT2D eigenvalue weighted by molar-refractivity contribution is 7.89. The molecular weight excluding hydrogens is 538 g/mol. The summed E-state index contributed by atoms with van der Waals surface area (Å²) in [6.07, 6.45) is -1.56. The van der Waals surface area contributed by atoms with E-state index in [-0.39, 0.29) is 30.6 Å². The van der Waals surface area contributed by atoms with Gasteiger partial charge < -0.3 is 10.1 Å². The van der Waals surface area contributed by atoms with E-state index in [4.69, 9.17) is 4.74 Å². The summed E-state index contributed by atoms with van der Waals surface area (Å²) in [7, 11) is -4.34. The zero-order valence-corrected chi connectivity index (χ0v) is 22.8. The molecule has 1 atom stereocenters. The Morgan fingerprint density at radius 2 is 1.82 bits per heavy atom. The van der Waals surface area contributed by atoms with E-state index < -0.39 is 68.0 Å². The summed E-state index contributed by atoms with van der Waals surface area (Å²) in [6.45, 7) is 6.41. The second-order valence-electron chi connectivity index (χ2n) is 10.4. The van der Waals surface area contributed by atoms with Crippen molar-refractivity contribution < 1.29 is 35.5 Å². The number of alkyl halides is 1. The second-order valence-corrected chi connectivity index (χ2v) is 12.4. The molecule has 4 rings (SSSR count). The Kier molecular flexibility index (Phi) is 7.91. The number of nitrogens with zero attached hydrogens (tertiary/aromatic N) is 2. The highest BCUT2D eigenvalue weighted by atomic mass is 32.2. The molecule has 2 aromatic carbocycles. The number of alkyl carbamates (subject to hydrolysis) is 1. The molecule has 0 radical (unpaired) electrons. The number of ether oxygens (including phenoxy) is 1. The van der Waals surface area contributed by atoms with E-state index in [2.05, 4.69) is 10.3 Å². The number of carbonyl (C=O) groups excluding carboxylic acids is 1. The van der Waals surface area contributed by atoms with E-state index in [0.717, 1.165) is 9.87 Å². The lowest BCUT2D eigenvalue weighted by atomic mass is 10.0. The molecule has 0 unspecified atom stereocenters. The molecule has 0 spiro atoms. The molecule has 7 nitrogen and oxygen atoms in total. The van der Waals surface area contributed by atoms with Crippen molar-refractivity contribution >= 4 is 27.0 Å². The van der Waals surface area contributed by atoms with Gasteiger partial charge in [0.2, 0.25) is 10.0 Å². The fraction of sp³-hybridized carbons (Fsp3) is 0.407. The number of carbonyl (C=O) groups is 1. The van der Waals surface area contributed by atoms with Crippen molar-refractivity contribution in [2.45, 2.75) is 57.2 Å². The summed E-state index contributed by atoms with van der Waals surface area (Å²) in [6, 6.07) is 6.17. The van der Waals surface area contributed by atoms with Gasteiger partial charge in [0.15, 0.2) is 5.82 Å². The van der Waals surface area contributed by atoms with Gasteiger partial charge in [-0.05, 0) is 69.9 Å². The van der Waals surface area contributed by atoms with Gasteiger partial charge >= 0.3 is 6.09 Å². The van der Waals surface area contributed by atoms with Gasteiger partial charge in [0, 0.05) is 25.0 Å². The van der Waals surface area contributed by atoms with E-state index in [1.165, 1.54) is 6.92 Å². The zero-order chi connectivity index (χ0) is 28.7. The van der Waals surface area contributed by atoms with Gasteiger partial charge in [-0.1, -0.05) is 12.1 Å². The van der Waals surface area contributed by atoms with Crippen LogP contribution in [0.2, 0.25) is 0 Å². The van der Waals surface area contributed by atoms with Crippen LogP contribution in [-0.4, -0.2) is 55.2 Å². The predicted octanol–water partition coefficient (Wildman–Crippen LogP) is 5.43. The number of benzene rings is 2. The third-order valence-electron chi connectivity index (χ3n) is 6.30. The third-order valence-corrected chi connectivity index (χ3v) is 8.14. The lowest BCUT2D eigenvalue weighted by molar-refractivity contribution is 0.0528. The number of sulfonamides is 1. The maximum Gasteiger partial charge on any atom is 0.407 e. The van der Waals surface area contributed by atoms with Crippen LogP contribution in [0.1, 0.15) is 38.3 Å². The molecule has 1 aliphatic heterocycles. The first-order chi connectivity index (χ1) is 18.2. The van der Waals surface area contributed by atoms with Crippen LogP contribution in [0, 0.1) is 24.4 Å². The maximum atomic E-state index is 15.3. The van der Waals surface area contributed by atoms with Gasteiger partial charge in [0.1, 0.15) is 29.1 Å². The number of hydrogen-bond acceptors (Lipinski definition) is 5. The van der Waals surface area contributed by atoms with Gasteiger partial charge in [-0.3, -0.25) is 0 Å². The fourth-order valence-electron chi connectivity index (χ4n) is 4.38. The van der Waals surface area contributed by atoms with Crippen molar-refractivity contribution in [2.24, 2.45) is 0 Å². The summed E-state index contributed by atoms with van der Waals surface area (Å²) in [5, 5.41) is 3.06. The molecule has 210 valence electrons. The van der Waals surface area contributed by atoms with Crippen LogP contribution in [-0.2, 0) is 21.2 Å². The SMILES string of the molecule is Cc1c(F)c(-c2c(F)cc(S(=O)(=O)N3CC[C@H](F)C3)cc2F)nc2cc(CCNC(=O)OC(C)(C)C)ccc12. The Labute approximate surface area is 224 Å². The lowest BCUT2D eigenvalue weighted by Crippen LogP contribution is -2.33. The Morgan fingerprint density at radius 3 is 2.41 bits per heavy atom. The normalized spacial score (nSPS) is 16.6. The molecule has 12 heteroatoms. The molecule has 1 amide bonds. The number of halogens is 4. The molecule has 1 saturated heterocycles. The predicted molar refractivity (Wildman–Crippen MR) is 138 cm³/mol.